The molecule has 1 aromatic heterocycles. The normalized spacial score (nSPS) is 10.5. The average molecular weight is 404 g/mol. The van der Waals surface area contributed by atoms with Gasteiger partial charge in [-0.15, -0.1) is 5.10 Å². The van der Waals surface area contributed by atoms with Crippen LogP contribution in [0.5, 0.6) is 11.5 Å². The Kier molecular flexibility index (Phi) is 5.38. The lowest BCUT2D eigenvalue weighted by Gasteiger charge is -2.09. The van der Waals surface area contributed by atoms with Crippen LogP contribution in [0.25, 0.3) is 11.5 Å². The van der Waals surface area contributed by atoms with E-state index >= 15 is 0 Å². The molecule has 2 amide bonds. The van der Waals surface area contributed by atoms with Gasteiger partial charge in [-0.1, -0.05) is 41.5 Å². The Morgan fingerprint density at radius 2 is 1.70 bits per heavy atom. The first kappa shape index (κ1) is 19.1. The van der Waals surface area contributed by atoms with Gasteiger partial charge in [-0.05, 0) is 48.9 Å². The summed E-state index contributed by atoms with van der Waals surface area (Å²) in [6.07, 6.45) is 0. The molecule has 3 aromatic carbocycles. The maximum atomic E-state index is 13.9. The Hall–Kier alpha value is -4.20. The number of carbonyl (C=O) groups excluding carboxylic acids is 1. The summed E-state index contributed by atoms with van der Waals surface area (Å²) in [5.41, 5.74) is 2.11. The first-order chi connectivity index (χ1) is 14.6. The minimum absolute atomic E-state index is 0.0698. The van der Waals surface area contributed by atoms with Gasteiger partial charge in [-0.25, -0.2) is 9.18 Å². The number of urea groups is 1. The monoisotopic (exact) mass is 404 g/mol. The lowest BCUT2D eigenvalue weighted by molar-refractivity contribution is 0.261. The summed E-state index contributed by atoms with van der Waals surface area (Å²) in [5, 5.41) is 13.0. The maximum Gasteiger partial charge on any atom is 0.327 e. The van der Waals surface area contributed by atoms with E-state index in [9.17, 15) is 9.18 Å². The van der Waals surface area contributed by atoms with Gasteiger partial charge in [0.25, 0.3) is 5.89 Å². The summed E-state index contributed by atoms with van der Waals surface area (Å²) in [5.74, 6) is 0.0307. The van der Waals surface area contributed by atoms with E-state index < -0.39 is 11.8 Å². The third-order valence-electron chi connectivity index (χ3n) is 4.10. The van der Waals surface area contributed by atoms with Crippen molar-refractivity contribution in [3.63, 3.8) is 0 Å². The molecule has 0 bridgehead atoms. The van der Waals surface area contributed by atoms with Crippen LogP contribution in [0.1, 0.15) is 5.56 Å². The van der Waals surface area contributed by atoms with Crippen LogP contribution >= 0.6 is 0 Å². The molecule has 0 radical (unpaired) electrons. The molecule has 1 heterocycles. The first-order valence-corrected chi connectivity index (χ1v) is 9.08. The molecule has 0 atom stereocenters. The van der Waals surface area contributed by atoms with Gasteiger partial charge >= 0.3 is 12.0 Å². The fraction of sp³-hybridized carbons (Fsp3) is 0.0455. The fourth-order valence-corrected chi connectivity index (χ4v) is 2.74. The second kappa shape index (κ2) is 8.44. The van der Waals surface area contributed by atoms with Crippen LogP contribution in [0.2, 0.25) is 0 Å². The molecular weight excluding hydrogens is 387 g/mol. The molecular formula is C22H17FN4O3. The van der Waals surface area contributed by atoms with Gasteiger partial charge in [0.1, 0.15) is 5.75 Å². The van der Waals surface area contributed by atoms with Crippen LogP contribution in [-0.4, -0.2) is 16.2 Å². The predicted molar refractivity (Wildman–Crippen MR) is 110 cm³/mol. The first-order valence-electron chi connectivity index (χ1n) is 9.08. The number of hydrogen-bond acceptors (Lipinski definition) is 5. The Morgan fingerprint density at radius 1 is 0.933 bits per heavy atom. The number of hydrogen-bond donors (Lipinski definition) is 2. The number of aromatic nitrogens is 2. The van der Waals surface area contributed by atoms with Crippen molar-refractivity contribution in [3.8, 4) is 23.0 Å². The number of aryl methyl sites for hydroxylation is 1. The number of benzene rings is 3. The second-order valence-corrected chi connectivity index (χ2v) is 6.39. The van der Waals surface area contributed by atoms with Crippen molar-refractivity contribution in [2.75, 3.05) is 10.6 Å². The summed E-state index contributed by atoms with van der Waals surface area (Å²) in [6.45, 7) is 1.92. The largest absolute Gasteiger partial charge is 0.453 e. The zero-order chi connectivity index (χ0) is 20.9. The van der Waals surface area contributed by atoms with Gasteiger partial charge in [0.2, 0.25) is 0 Å². The van der Waals surface area contributed by atoms with Gasteiger partial charge in [0.05, 0.1) is 5.56 Å². The topological polar surface area (TPSA) is 89.3 Å². The third-order valence-corrected chi connectivity index (χ3v) is 4.10. The van der Waals surface area contributed by atoms with Gasteiger partial charge in [-0.3, -0.25) is 5.32 Å². The molecule has 7 nitrogen and oxygen atoms in total. The van der Waals surface area contributed by atoms with Crippen LogP contribution < -0.4 is 15.4 Å². The van der Waals surface area contributed by atoms with E-state index in [1.54, 1.807) is 42.5 Å². The minimum Gasteiger partial charge on any atom is -0.453 e. The van der Waals surface area contributed by atoms with Crippen molar-refractivity contribution in [3.05, 3.63) is 84.2 Å². The molecule has 0 saturated heterocycles. The summed E-state index contributed by atoms with van der Waals surface area (Å²) >= 11 is 0. The van der Waals surface area contributed by atoms with E-state index in [4.69, 9.17) is 9.15 Å². The molecule has 4 rings (SSSR count). The number of ether oxygens (including phenoxy) is 1. The third kappa shape index (κ3) is 4.44. The van der Waals surface area contributed by atoms with E-state index in [0.717, 1.165) is 5.56 Å². The van der Waals surface area contributed by atoms with Crippen LogP contribution in [0, 0.1) is 12.7 Å². The Labute approximate surface area is 171 Å². The highest BCUT2D eigenvalue weighted by molar-refractivity contribution is 5.98. The van der Waals surface area contributed by atoms with Gasteiger partial charge < -0.3 is 14.5 Å². The highest BCUT2D eigenvalue weighted by atomic mass is 19.1. The Bertz CT molecular complexity index is 1190. The molecule has 0 aliphatic rings. The van der Waals surface area contributed by atoms with Crippen LogP contribution in [0.15, 0.2) is 77.2 Å². The number of rotatable bonds is 5. The maximum absolute atomic E-state index is 13.9. The van der Waals surface area contributed by atoms with E-state index in [-0.39, 0.29) is 17.7 Å². The number of nitrogens with one attached hydrogen (secondary N) is 2. The summed E-state index contributed by atoms with van der Waals surface area (Å²) in [6, 6.07) is 19.7. The van der Waals surface area contributed by atoms with Crippen molar-refractivity contribution in [1.29, 1.82) is 0 Å². The second-order valence-electron chi connectivity index (χ2n) is 6.39. The number of para-hydroxylation sites is 2. The lowest BCUT2D eigenvalue weighted by Crippen LogP contribution is -2.19. The van der Waals surface area contributed by atoms with Crippen LogP contribution in [0.3, 0.4) is 0 Å². The van der Waals surface area contributed by atoms with Gasteiger partial charge in [0.15, 0.2) is 11.6 Å². The molecule has 2 N–H and O–H groups in total. The highest BCUT2D eigenvalue weighted by Crippen LogP contribution is 2.33. The quantitative estimate of drug-likeness (QED) is 0.451. The smallest absolute Gasteiger partial charge is 0.327 e. The zero-order valence-corrected chi connectivity index (χ0v) is 15.9. The summed E-state index contributed by atoms with van der Waals surface area (Å²) in [4.78, 5) is 12.2. The van der Waals surface area contributed by atoms with Crippen LogP contribution in [-0.2, 0) is 0 Å². The van der Waals surface area contributed by atoms with E-state index in [2.05, 4.69) is 20.8 Å². The SMILES string of the molecule is Cc1cccc(NC(=O)Nc2nnc(-c3ccccc3Oc3ccccc3F)o2)c1. The lowest BCUT2D eigenvalue weighted by atomic mass is 10.2. The summed E-state index contributed by atoms with van der Waals surface area (Å²) in [7, 11) is 0. The molecule has 0 aliphatic heterocycles. The zero-order valence-electron chi connectivity index (χ0n) is 15.9. The number of halogens is 1. The molecule has 0 fully saturated rings. The minimum atomic E-state index is -0.522. The number of carbonyl (C=O) groups is 1. The molecule has 0 spiro atoms. The van der Waals surface area contributed by atoms with E-state index in [1.807, 2.05) is 25.1 Å². The highest BCUT2D eigenvalue weighted by Gasteiger charge is 2.16. The molecule has 0 aliphatic carbocycles. The standard InChI is InChI=1S/C22H17FN4O3/c1-14-7-6-8-15(13-14)24-21(28)25-22-27-26-20(30-22)16-9-2-4-11-18(16)29-19-12-5-3-10-17(19)23/h2-13H,1H3,(H2,24,25,27,28). The molecule has 150 valence electrons. The molecule has 0 unspecified atom stereocenters. The Balaban J connectivity index is 1.50. The fourth-order valence-electron chi connectivity index (χ4n) is 2.74. The van der Waals surface area contributed by atoms with Crippen LogP contribution in [0.4, 0.5) is 20.9 Å². The molecule has 30 heavy (non-hydrogen) atoms. The molecule has 4 aromatic rings. The number of nitrogens with zero attached hydrogens (tertiary/aromatic N) is 2. The molecule has 0 saturated carbocycles. The van der Waals surface area contributed by atoms with Crippen molar-refractivity contribution >= 4 is 17.7 Å². The van der Waals surface area contributed by atoms with Crippen molar-refractivity contribution in [2.45, 2.75) is 6.92 Å². The average Bonchev–Trinajstić information content (AvgIpc) is 3.18. The van der Waals surface area contributed by atoms with Crippen molar-refractivity contribution in [2.24, 2.45) is 0 Å². The summed E-state index contributed by atoms with van der Waals surface area (Å²) < 4.78 is 25.1. The van der Waals surface area contributed by atoms with Gasteiger partial charge in [0, 0.05) is 5.69 Å². The van der Waals surface area contributed by atoms with Gasteiger partial charge in [-0.2, -0.15) is 0 Å². The van der Waals surface area contributed by atoms with E-state index in [0.29, 0.717) is 17.0 Å². The van der Waals surface area contributed by atoms with Crippen molar-refractivity contribution < 1.29 is 18.3 Å². The number of anilines is 2. The number of amides is 2. The molecule has 8 heteroatoms. The van der Waals surface area contributed by atoms with Crippen molar-refractivity contribution in [1.82, 2.24) is 10.2 Å². The van der Waals surface area contributed by atoms with E-state index in [1.165, 1.54) is 12.1 Å². The predicted octanol–water partition coefficient (Wildman–Crippen LogP) is 5.62. The Morgan fingerprint density at radius 3 is 2.50 bits per heavy atom.